The van der Waals surface area contributed by atoms with Crippen LogP contribution in [0.25, 0.3) is 11.5 Å². The van der Waals surface area contributed by atoms with Gasteiger partial charge in [-0.2, -0.15) is 0 Å². The Hall–Kier alpha value is -3.00. The molecule has 8 heteroatoms. The normalized spacial score (nSPS) is 10.4. The number of para-hydroxylation sites is 2. The van der Waals surface area contributed by atoms with Gasteiger partial charge in [-0.25, -0.2) is 0 Å². The Morgan fingerprint density at radius 1 is 1.20 bits per heavy atom. The molecule has 0 bridgehead atoms. The standard InChI is InChI=1S/C17H15N3O4S/c1-23-12-8-6-11(7-9-12)16-19-20-17(24-16)25-10-15(22)18-13-4-2-3-5-14(13)21/h2-9,21H,10H2,1H3,(H,18,22). The minimum absolute atomic E-state index is 0.0143. The lowest BCUT2D eigenvalue weighted by Crippen LogP contribution is -2.14. The largest absolute Gasteiger partial charge is 0.506 e. The molecule has 0 unspecified atom stereocenters. The topological polar surface area (TPSA) is 97.5 Å². The second kappa shape index (κ2) is 7.71. The van der Waals surface area contributed by atoms with E-state index in [1.807, 2.05) is 12.1 Å². The van der Waals surface area contributed by atoms with Crippen LogP contribution in [0.3, 0.4) is 0 Å². The van der Waals surface area contributed by atoms with Gasteiger partial charge in [0, 0.05) is 5.56 Å². The minimum Gasteiger partial charge on any atom is -0.506 e. The van der Waals surface area contributed by atoms with Crippen molar-refractivity contribution in [3.63, 3.8) is 0 Å². The highest BCUT2D eigenvalue weighted by atomic mass is 32.2. The van der Waals surface area contributed by atoms with Crippen LogP contribution in [-0.2, 0) is 4.79 Å². The van der Waals surface area contributed by atoms with Crippen molar-refractivity contribution in [1.29, 1.82) is 0 Å². The number of aromatic nitrogens is 2. The first-order chi connectivity index (χ1) is 12.2. The SMILES string of the molecule is COc1ccc(-c2nnc(SCC(=O)Nc3ccccc3O)o2)cc1. The van der Waals surface area contributed by atoms with E-state index >= 15 is 0 Å². The third-order valence-electron chi connectivity index (χ3n) is 3.25. The van der Waals surface area contributed by atoms with Crippen LogP contribution in [-0.4, -0.2) is 34.1 Å². The Kier molecular flexibility index (Phi) is 5.20. The van der Waals surface area contributed by atoms with Gasteiger partial charge < -0.3 is 19.6 Å². The molecular formula is C17H15N3O4S. The fourth-order valence-electron chi connectivity index (χ4n) is 2.01. The first-order valence-corrected chi connectivity index (χ1v) is 8.33. The van der Waals surface area contributed by atoms with E-state index in [0.717, 1.165) is 23.1 Å². The van der Waals surface area contributed by atoms with Crippen LogP contribution in [0.1, 0.15) is 0 Å². The fraction of sp³-hybridized carbons (Fsp3) is 0.118. The van der Waals surface area contributed by atoms with Gasteiger partial charge in [-0.1, -0.05) is 23.9 Å². The Bertz CT molecular complexity index is 864. The fourth-order valence-corrected chi connectivity index (χ4v) is 2.57. The van der Waals surface area contributed by atoms with Gasteiger partial charge in [0.05, 0.1) is 18.6 Å². The third-order valence-corrected chi connectivity index (χ3v) is 4.07. The number of nitrogens with zero attached hydrogens (tertiary/aromatic N) is 2. The highest BCUT2D eigenvalue weighted by Crippen LogP contribution is 2.26. The first-order valence-electron chi connectivity index (χ1n) is 7.34. The molecule has 2 aromatic carbocycles. The lowest BCUT2D eigenvalue weighted by atomic mass is 10.2. The number of anilines is 1. The maximum absolute atomic E-state index is 11.9. The molecule has 0 saturated carbocycles. The molecule has 7 nitrogen and oxygen atoms in total. The van der Waals surface area contributed by atoms with Crippen LogP contribution < -0.4 is 10.1 Å². The molecule has 0 atom stereocenters. The highest BCUT2D eigenvalue weighted by Gasteiger charge is 2.12. The zero-order valence-corrected chi connectivity index (χ0v) is 14.1. The number of phenolic OH excluding ortho intramolecular Hbond substituents is 1. The zero-order valence-electron chi connectivity index (χ0n) is 13.3. The van der Waals surface area contributed by atoms with Crippen molar-refractivity contribution >= 4 is 23.4 Å². The summed E-state index contributed by atoms with van der Waals surface area (Å²) in [6, 6.07) is 13.7. The summed E-state index contributed by atoms with van der Waals surface area (Å²) < 4.78 is 10.6. The molecule has 2 N–H and O–H groups in total. The van der Waals surface area contributed by atoms with E-state index in [-0.39, 0.29) is 17.4 Å². The summed E-state index contributed by atoms with van der Waals surface area (Å²) in [5, 5.41) is 20.4. The van der Waals surface area contributed by atoms with E-state index in [2.05, 4.69) is 15.5 Å². The van der Waals surface area contributed by atoms with E-state index in [0.29, 0.717) is 16.8 Å². The third kappa shape index (κ3) is 4.30. The van der Waals surface area contributed by atoms with Crippen LogP contribution in [0, 0.1) is 0 Å². The van der Waals surface area contributed by atoms with Crippen molar-refractivity contribution in [2.75, 3.05) is 18.2 Å². The van der Waals surface area contributed by atoms with Crippen molar-refractivity contribution in [1.82, 2.24) is 10.2 Å². The molecule has 1 aromatic heterocycles. The predicted octanol–water partition coefficient (Wildman–Crippen LogP) is 3.18. The molecule has 1 amide bonds. The number of hydrogen-bond donors (Lipinski definition) is 2. The van der Waals surface area contributed by atoms with Gasteiger partial charge in [-0.05, 0) is 36.4 Å². The van der Waals surface area contributed by atoms with Crippen LogP contribution in [0.4, 0.5) is 5.69 Å². The van der Waals surface area contributed by atoms with Crippen molar-refractivity contribution in [3.8, 4) is 23.0 Å². The van der Waals surface area contributed by atoms with Gasteiger partial charge in [-0.15, -0.1) is 10.2 Å². The van der Waals surface area contributed by atoms with Gasteiger partial charge in [-0.3, -0.25) is 4.79 Å². The monoisotopic (exact) mass is 357 g/mol. The van der Waals surface area contributed by atoms with Crippen LogP contribution in [0.5, 0.6) is 11.5 Å². The van der Waals surface area contributed by atoms with E-state index < -0.39 is 0 Å². The summed E-state index contributed by atoms with van der Waals surface area (Å²) in [7, 11) is 1.59. The van der Waals surface area contributed by atoms with Crippen molar-refractivity contribution in [3.05, 3.63) is 48.5 Å². The average molecular weight is 357 g/mol. The smallest absolute Gasteiger partial charge is 0.277 e. The number of phenols is 1. The molecule has 0 aliphatic heterocycles. The number of carbonyl (C=O) groups excluding carboxylic acids is 1. The molecule has 0 fully saturated rings. The number of thioether (sulfide) groups is 1. The molecule has 0 aliphatic rings. The number of benzene rings is 2. The lowest BCUT2D eigenvalue weighted by molar-refractivity contribution is -0.113. The van der Waals surface area contributed by atoms with Crippen LogP contribution >= 0.6 is 11.8 Å². The van der Waals surface area contributed by atoms with E-state index in [1.165, 1.54) is 6.07 Å². The van der Waals surface area contributed by atoms with Gasteiger partial charge >= 0.3 is 0 Å². The average Bonchev–Trinajstić information content (AvgIpc) is 3.11. The van der Waals surface area contributed by atoms with Gasteiger partial charge in [0.2, 0.25) is 11.8 Å². The summed E-state index contributed by atoms with van der Waals surface area (Å²) in [4.78, 5) is 11.9. The molecule has 3 aromatic rings. The van der Waals surface area contributed by atoms with Gasteiger partial charge in [0.15, 0.2) is 0 Å². The Morgan fingerprint density at radius 3 is 2.68 bits per heavy atom. The zero-order chi connectivity index (χ0) is 17.6. The minimum atomic E-state index is -0.282. The molecule has 0 radical (unpaired) electrons. The van der Waals surface area contributed by atoms with Crippen molar-refractivity contribution < 1.29 is 19.1 Å². The summed E-state index contributed by atoms with van der Waals surface area (Å²) in [6.45, 7) is 0. The second-order valence-corrected chi connectivity index (χ2v) is 5.88. The molecule has 25 heavy (non-hydrogen) atoms. The molecular weight excluding hydrogens is 342 g/mol. The van der Waals surface area contributed by atoms with E-state index in [9.17, 15) is 9.90 Å². The van der Waals surface area contributed by atoms with Crippen molar-refractivity contribution in [2.45, 2.75) is 5.22 Å². The number of rotatable bonds is 6. The molecule has 1 heterocycles. The molecule has 3 rings (SSSR count). The Labute approximate surface area is 148 Å². The van der Waals surface area contributed by atoms with E-state index in [1.54, 1.807) is 37.4 Å². The summed E-state index contributed by atoms with van der Waals surface area (Å²) >= 11 is 1.12. The molecule has 0 saturated heterocycles. The summed E-state index contributed by atoms with van der Waals surface area (Å²) in [5.41, 5.74) is 1.12. The van der Waals surface area contributed by atoms with Crippen LogP contribution in [0.15, 0.2) is 58.2 Å². The summed E-state index contributed by atoms with van der Waals surface area (Å²) in [6.07, 6.45) is 0. The highest BCUT2D eigenvalue weighted by molar-refractivity contribution is 7.99. The lowest BCUT2D eigenvalue weighted by Gasteiger charge is -2.05. The number of carbonyl (C=O) groups is 1. The van der Waals surface area contributed by atoms with Gasteiger partial charge in [0.1, 0.15) is 11.5 Å². The number of aromatic hydroxyl groups is 1. The quantitative estimate of drug-likeness (QED) is 0.516. The molecule has 0 spiro atoms. The number of nitrogens with one attached hydrogen (secondary N) is 1. The predicted molar refractivity (Wildman–Crippen MR) is 93.7 cm³/mol. The Morgan fingerprint density at radius 2 is 1.96 bits per heavy atom. The maximum Gasteiger partial charge on any atom is 0.277 e. The van der Waals surface area contributed by atoms with E-state index in [4.69, 9.17) is 9.15 Å². The number of ether oxygens (including phenoxy) is 1. The molecule has 128 valence electrons. The molecule has 0 aliphatic carbocycles. The van der Waals surface area contributed by atoms with Crippen molar-refractivity contribution in [2.24, 2.45) is 0 Å². The van der Waals surface area contributed by atoms with Crippen LogP contribution in [0.2, 0.25) is 0 Å². The number of hydrogen-bond acceptors (Lipinski definition) is 7. The second-order valence-electron chi connectivity index (χ2n) is 4.96. The number of amides is 1. The maximum atomic E-state index is 11.9. The summed E-state index contributed by atoms with van der Waals surface area (Å²) in [5.74, 6) is 0.916. The first kappa shape index (κ1) is 16.8. The Balaban J connectivity index is 1.58. The number of methoxy groups -OCH3 is 1. The van der Waals surface area contributed by atoms with Gasteiger partial charge in [0.25, 0.3) is 5.22 Å².